The molecule has 2 rings (SSSR count). The lowest BCUT2D eigenvalue weighted by Gasteiger charge is -2.08. The number of esters is 1. The van der Waals surface area contributed by atoms with Gasteiger partial charge in [0.15, 0.2) is 16.8 Å². The van der Waals surface area contributed by atoms with Crippen molar-refractivity contribution in [1.29, 1.82) is 0 Å². The van der Waals surface area contributed by atoms with E-state index in [9.17, 15) is 9.59 Å². The first kappa shape index (κ1) is 15.6. The minimum atomic E-state index is -0.528. The first-order valence-corrected chi connectivity index (χ1v) is 6.64. The van der Waals surface area contributed by atoms with Crippen LogP contribution in [0.5, 0.6) is 5.75 Å². The van der Waals surface area contributed by atoms with Gasteiger partial charge in [0, 0.05) is 6.07 Å². The van der Waals surface area contributed by atoms with Gasteiger partial charge in [-0.1, -0.05) is 0 Å². The fourth-order valence-electron chi connectivity index (χ4n) is 1.85. The number of benzene rings is 1. The maximum atomic E-state index is 12.1. The Morgan fingerprint density at radius 3 is 2.82 bits per heavy atom. The second-order valence-electron chi connectivity index (χ2n) is 4.33. The van der Waals surface area contributed by atoms with Crippen molar-refractivity contribution in [2.45, 2.75) is 13.8 Å². The van der Waals surface area contributed by atoms with E-state index in [1.807, 2.05) is 0 Å². The summed E-state index contributed by atoms with van der Waals surface area (Å²) in [6.45, 7) is 3.49. The van der Waals surface area contributed by atoms with Gasteiger partial charge in [-0.2, -0.15) is 5.10 Å². The van der Waals surface area contributed by atoms with Crippen LogP contribution in [0.4, 0.5) is 5.69 Å². The number of carbonyl (C=O) groups excluding carboxylic acids is 1. The summed E-state index contributed by atoms with van der Waals surface area (Å²) in [5.74, 6) is -0.0933. The van der Waals surface area contributed by atoms with Gasteiger partial charge in [0.1, 0.15) is 5.71 Å². The van der Waals surface area contributed by atoms with Crippen LogP contribution in [-0.2, 0) is 9.53 Å². The van der Waals surface area contributed by atoms with E-state index in [0.717, 1.165) is 0 Å². The Balaban J connectivity index is 2.43. The number of hydrazone groups is 1. The fraction of sp³-hybridized carbons (Fsp3) is 0.267. The molecule has 116 valence electrons. The second kappa shape index (κ2) is 6.75. The molecule has 22 heavy (non-hydrogen) atoms. The van der Waals surface area contributed by atoms with Crippen LogP contribution in [-0.4, -0.2) is 25.4 Å². The summed E-state index contributed by atoms with van der Waals surface area (Å²) < 4.78 is 15.3. The van der Waals surface area contributed by atoms with E-state index in [-0.39, 0.29) is 17.7 Å². The van der Waals surface area contributed by atoms with Gasteiger partial charge in [-0.25, -0.2) is 4.79 Å². The lowest BCUT2D eigenvalue weighted by atomic mass is 10.2. The molecule has 0 aliphatic rings. The molecule has 7 heteroatoms. The topological polar surface area (TPSA) is 90.1 Å². The number of carbonyl (C=O) groups is 1. The highest BCUT2D eigenvalue weighted by Gasteiger charge is 2.12. The normalized spacial score (nSPS) is 11.3. The van der Waals surface area contributed by atoms with Gasteiger partial charge in [-0.05, 0) is 26.0 Å². The molecule has 0 amide bonds. The average Bonchev–Trinajstić information content (AvgIpc) is 2.52. The third-order valence-corrected chi connectivity index (χ3v) is 2.91. The summed E-state index contributed by atoms with van der Waals surface area (Å²) in [7, 11) is 1.48. The first-order chi connectivity index (χ1) is 10.6. The minimum Gasteiger partial charge on any atom is -0.493 e. The summed E-state index contributed by atoms with van der Waals surface area (Å²) in [5.41, 5.74) is 3.31. The second-order valence-corrected chi connectivity index (χ2v) is 4.33. The Kier molecular flexibility index (Phi) is 4.77. The number of anilines is 1. The number of methoxy groups -OCH3 is 1. The van der Waals surface area contributed by atoms with E-state index >= 15 is 0 Å². The van der Waals surface area contributed by atoms with Crippen molar-refractivity contribution in [3.8, 4) is 5.75 Å². The van der Waals surface area contributed by atoms with Gasteiger partial charge in [-0.15, -0.1) is 0 Å². The molecule has 0 radical (unpaired) electrons. The summed E-state index contributed by atoms with van der Waals surface area (Å²) in [5, 5.41) is 4.22. The summed E-state index contributed by atoms with van der Waals surface area (Å²) in [6.07, 6.45) is 1.30. The van der Waals surface area contributed by atoms with Crippen molar-refractivity contribution in [3.05, 3.63) is 34.7 Å². The van der Waals surface area contributed by atoms with Gasteiger partial charge in [0.2, 0.25) is 0 Å². The molecule has 1 N–H and O–H groups in total. The van der Waals surface area contributed by atoms with Crippen LogP contribution in [0.15, 0.2) is 38.8 Å². The lowest BCUT2D eigenvalue weighted by molar-refractivity contribution is -0.135. The molecule has 0 atom stereocenters. The molecule has 2 aromatic rings. The SMILES string of the molecule is CCOC(=O)/C(C)=N/Nc1ccc(OC)c2occc(=O)c12. The van der Waals surface area contributed by atoms with Gasteiger partial charge in [0.05, 0.1) is 31.1 Å². The Labute approximate surface area is 126 Å². The molecule has 0 aliphatic carbocycles. The summed E-state index contributed by atoms with van der Waals surface area (Å²) >= 11 is 0. The molecule has 0 unspecified atom stereocenters. The third kappa shape index (κ3) is 3.08. The largest absolute Gasteiger partial charge is 0.493 e. The Morgan fingerprint density at radius 1 is 1.36 bits per heavy atom. The highest BCUT2D eigenvalue weighted by atomic mass is 16.5. The molecule has 1 aromatic heterocycles. The van der Waals surface area contributed by atoms with E-state index in [1.54, 1.807) is 19.1 Å². The zero-order valence-corrected chi connectivity index (χ0v) is 12.5. The number of rotatable bonds is 5. The zero-order valence-electron chi connectivity index (χ0n) is 12.5. The number of fused-ring (bicyclic) bond motifs is 1. The third-order valence-electron chi connectivity index (χ3n) is 2.91. The zero-order chi connectivity index (χ0) is 16.1. The molecule has 1 heterocycles. The molecule has 0 bridgehead atoms. The predicted octanol–water partition coefficient (Wildman–Crippen LogP) is 2.15. The van der Waals surface area contributed by atoms with Crippen LogP contribution in [0, 0.1) is 0 Å². The molecular weight excluding hydrogens is 288 g/mol. The molecule has 0 saturated heterocycles. The number of nitrogens with zero attached hydrogens (tertiary/aromatic N) is 1. The standard InChI is InChI=1S/C15H16N2O5/c1-4-21-15(19)9(2)16-17-10-5-6-12(20-3)14-13(10)11(18)7-8-22-14/h5-8,17H,4H2,1-3H3/b16-9+. The van der Waals surface area contributed by atoms with E-state index in [2.05, 4.69) is 10.5 Å². The van der Waals surface area contributed by atoms with Gasteiger partial charge >= 0.3 is 5.97 Å². The Morgan fingerprint density at radius 2 is 2.14 bits per heavy atom. The van der Waals surface area contributed by atoms with Crippen molar-refractivity contribution in [1.82, 2.24) is 0 Å². The Bertz CT molecular complexity index is 779. The van der Waals surface area contributed by atoms with E-state index in [1.165, 1.54) is 26.4 Å². The van der Waals surface area contributed by atoms with Gasteiger partial charge in [0.25, 0.3) is 0 Å². The Hall–Kier alpha value is -2.83. The molecule has 0 spiro atoms. The van der Waals surface area contributed by atoms with Crippen molar-refractivity contribution in [2.75, 3.05) is 19.1 Å². The monoisotopic (exact) mass is 304 g/mol. The molecule has 0 aliphatic heterocycles. The number of nitrogens with one attached hydrogen (secondary N) is 1. The smallest absolute Gasteiger partial charge is 0.354 e. The molecule has 0 fully saturated rings. The summed E-state index contributed by atoms with van der Waals surface area (Å²) in [4.78, 5) is 23.6. The van der Waals surface area contributed by atoms with E-state index < -0.39 is 5.97 Å². The maximum absolute atomic E-state index is 12.1. The van der Waals surface area contributed by atoms with Crippen LogP contribution in [0.2, 0.25) is 0 Å². The summed E-state index contributed by atoms with van der Waals surface area (Å²) in [6, 6.07) is 4.57. The molecule has 1 aromatic carbocycles. The number of hydrogen-bond acceptors (Lipinski definition) is 7. The highest BCUT2D eigenvalue weighted by molar-refractivity contribution is 6.35. The van der Waals surface area contributed by atoms with Crippen molar-refractivity contribution < 1.29 is 18.7 Å². The molecule has 7 nitrogen and oxygen atoms in total. The van der Waals surface area contributed by atoms with Crippen LogP contribution in [0.25, 0.3) is 11.0 Å². The van der Waals surface area contributed by atoms with Crippen molar-refractivity contribution in [3.63, 3.8) is 0 Å². The van der Waals surface area contributed by atoms with Crippen LogP contribution in [0.1, 0.15) is 13.8 Å². The lowest BCUT2D eigenvalue weighted by Crippen LogP contribution is -2.15. The van der Waals surface area contributed by atoms with Crippen LogP contribution in [0.3, 0.4) is 0 Å². The first-order valence-electron chi connectivity index (χ1n) is 6.64. The van der Waals surface area contributed by atoms with Crippen LogP contribution < -0.4 is 15.6 Å². The average molecular weight is 304 g/mol. The number of ether oxygens (including phenoxy) is 2. The van der Waals surface area contributed by atoms with Crippen LogP contribution >= 0.6 is 0 Å². The van der Waals surface area contributed by atoms with Crippen molar-refractivity contribution >= 4 is 28.3 Å². The molecular formula is C15H16N2O5. The maximum Gasteiger partial charge on any atom is 0.354 e. The van der Waals surface area contributed by atoms with Gasteiger partial charge in [-0.3, -0.25) is 10.2 Å². The highest BCUT2D eigenvalue weighted by Crippen LogP contribution is 2.29. The fourth-order valence-corrected chi connectivity index (χ4v) is 1.85. The van der Waals surface area contributed by atoms with Gasteiger partial charge < -0.3 is 13.9 Å². The predicted molar refractivity (Wildman–Crippen MR) is 82.4 cm³/mol. The van der Waals surface area contributed by atoms with Crippen molar-refractivity contribution in [2.24, 2.45) is 5.10 Å². The van der Waals surface area contributed by atoms with E-state index in [0.29, 0.717) is 22.4 Å². The molecule has 0 saturated carbocycles. The van der Waals surface area contributed by atoms with E-state index in [4.69, 9.17) is 13.9 Å². The number of hydrogen-bond donors (Lipinski definition) is 1. The minimum absolute atomic E-state index is 0.145. The quantitative estimate of drug-likeness (QED) is 0.517.